The molecule has 0 aliphatic rings. The molecule has 0 bridgehead atoms. The van der Waals surface area contributed by atoms with Gasteiger partial charge in [0, 0.05) is 5.75 Å². The summed E-state index contributed by atoms with van der Waals surface area (Å²) in [5.74, 6) is 2.48. The van der Waals surface area contributed by atoms with Gasteiger partial charge in [0.05, 0.1) is 32.2 Å². The predicted octanol–water partition coefficient (Wildman–Crippen LogP) is 6.59. The van der Waals surface area contributed by atoms with E-state index in [4.69, 9.17) is 25.4 Å². The Morgan fingerprint density at radius 1 is 0.811 bits per heavy atom. The van der Waals surface area contributed by atoms with Gasteiger partial charge in [0.1, 0.15) is 11.5 Å². The molecule has 0 spiro atoms. The third-order valence-electron chi connectivity index (χ3n) is 5.15. The highest BCUT2D eigenvalue weighted by Gasteiger charge is 2.04. The van der Waals surface area contributed by atoms with Gasteiger partial charge in [-0.3, -0.25) is 5.41 Å². The molecule has 0 radical (unpaired) electrons. The van der Waals surface area contributed by atoms with Crippen molar-refractivity contribution in [2.24, 2.45) is 5.73 Å². The van der Waals surface area contributed by atoms with E-state index in [0.29, 0.717) is 12.6 Å². The number of nitrogens with two attached hydrogens (primary N) is 1. The van der Waals surface area contributed by atoms with E-state index < -0.39 is 0 Å². The second kappa shape index (κ2) is 16.4. The van der Waals surface area contributed by atoms with Gasteiger partial charge >= 0.3 is 6.01 Å². The van der Waals surface area contributed by atoms with Gasteiger partial charge < -0.3 is 19.9 Å². The summed E-state index contributed by atoms with van der Waals surface area (Å²) in [6.45, 7) is 0.526. The van der Waals surface area contributed by atoms with E-state index in [1.807, 2.05) is 78.9 Å². The maximum atomic E-state index is 7.26. The van der Waals surface area contributed by atoms with Gasteiger partial charge in [-0.1, -0.05) is 48.2 Å². The van der Waals surface area contributed by atoms with E-state index in [1.165, 1.54) is 11.8 Å². The second-order valence-electron chi connectivity index (χ2n) is 7.84. The molecule has 0 saturated carbocycles. The minimum absolute atomic E-state index is 0. The van der Waals surface area contributed by atoms with Gasteiger partial charge in [0.25, 0.3) is 0 Å². The zero-order chi connectivity index (χ0) is 25.6. The number of amidine groups is 1. The van der Waals surface area contributed by atoms with Crippen LogP contribution < -0.4 is 19.9 Å². The number of ether oxygens (including phenoxy) is 3. The first kappa shape index (κ1) is 29.9. The number of methoxy groups -OCH3 is 2. The first-order chi connectivity index (χ1) is 17.6. The molecule has 3 N–H and O–H groups in total. The van der Waals surface area contributed by atoms with E-state index in [0.717, 1.165) is 59.0 Å². The highest BCUT2D eigenvalue weighted by Crippen LogP contribution is 2.18. The lowest BCUT2D eigenvalue weighted by Gasteiger charge is -2.07. The van der Waals surface area contributed by atoms with Crippen LogP contribution in [0.2, 0.25) is 0 Å². The van der Waals surface area contributed by atoms with Crippen LogP contribution in [0, 0.1) is 5.41 Å². The van der Waals surface area contributed by atoms with Gasteiger partial charge in [-0.15, -0.1) is 17.0 Å². The molecular formula is C28H33BrN4O3S. The van der Waals surface area contributed by atoms with E-state index in [-0.39, 0.29) is 22.1 Å². The number of aromatic nitrogens is 2. The molecule has 0 aliphatic carbocycles. The number of hydrogen-bond donors (Lipinski definition) is 2. The number of hydrogen-bond acceptors (Lipinski definition) is 7. The summed E-state index contributed by atoms with van der Waals surface area (Å²) in [5.41, 5.74) is 8.95. The van der Waals surface area contributed by atoms with Crippen LogP contribution in [0.3, 0.4) is 0 Å². The zero-order valence-electron chi connectivity index (χ0n) is 21.1. The Labute approximate surface area is 233 Å². The van der Waals surface area contributed by atoms with Crippen LogP contribution in [-0.4, -0.2) is 41.7 Å². The zero-order valence-corrected chi connectivity index (χ0v) is 23.6. The standard InChI is InChI=1S/C28H32N4O3S.BrH/c1-33-25-14-8-21(9-15-25)6-12-23-20-24(13-7-22-10-16-26(34-2)17-11-22)32-28(31-23)35-18-4-3-5-19-36-27(29)30;/h6-17,20H,3-5,18-19H2,1-2H3,(H3,29,30);1H/b12-6+,13-7+;. The fourth-order valence-corrected chi connectivity index (χ4v) is 3.79. The Balaban J connectivity index is 0.00000481. The minimum atomic E-state index is 0. The van der Waals surface area contributed by atoms with Gasteiger partial charge in [-0.25, -0.2) is 0 Å². The van der Waals surface area contributed by atoms with Gasteiger partial charge in [-0.2, -0.15) is 9.97 Å². The predicted molar refractivity (Wildman–Crippen MR) is 160 cm³/mol. The molecule has 2 aromatic carbocycles. The van der Waals surface area contributed by atoms with Crippen molar-refractivity contribution in [3.63, 3.8) is 0 Å². The van der Waals surface area contributed by atoms with E-state index in [2.05, 4.69) is 9.97 Å². The Morgan fingerprint density at radius 3 is 1.78 bits per heavy atom. The van der Waals surface area contributed by atoms with Crippen LogP contribution in [-0.2, 0) is 0 Å². The lowest BCUT2D eigenvalue weighted by molar-refractivity contribution is 0.282. The molecule has 9 heteroatoms. The summed E-state index contributed by atoms with van der Waals surface area (Å²) in [7, 11) is 3.30. The average Bonchev–Trinajstić information content (AvgIpc) is 2.90. The number of nitrogens with one attached hydrogen (secondary N) is 1. The maximum Gasteiger partial charge on any atom is 0.317 e. The minimum Gasteiger partial charge on any atom is -0.497 e. The lowest BCUT2D eigenvalue weighted by atomic mass is 10.1. The normalized spacial score (nSPS) is 10.9. The van der Waals surface area contributed by atoms with Gasteiger partial charge in [-0.05, 0) is 72.9 Å². The first-order valence-corrected chi connectivity index (χ1v) is 12.7. The average molecular weight is 586 g/mol. The summed E-state index contributed by atoms with van der Waals surface area (Å²) in [5, 5.41) is 7.42. The molecule has 0 amide bonds. The number of benzene rings is 2. The highest BCUT2D eigenvalue weighted by molar-refractivity contribution is 8.93. The topological polar surface area (TPSA) is 103 Å². The van der Waals surface area contributed by atoms with Crippen molar-refractivity contribution in [1.82, 2.24) is 9.97 Å². The molecular weight excluding hydrogens is 552 g/mol. The summed E-state index contributed by atoms with van der Waals surface area (Å²) in [6, 6.07) is 17.9. The molecule has 0 saturated heterocycles. The van der Waals surface area contributed by atoms with E-state index in [9.17, 15) is 0 Å². The van der Waals surface area contributed by atoms with Crippen LogP contribution in [0.5, 0.6) is 17.5 Å². The molecule has 7 nitrogen and oxygen atoms in total. The molecule has 0 aliphatic heterocycles. The van der Waals surface area contributed by atoms with E-state index >= 15 is 0 Å². The smallest absolute Gasteiger partial charge is 0.317 e. The van der Waals surface area contributed by atoms with Crippen LogP contribution in [0.4, 0.5) is 0 Å². The van der Waals surface area contributed by atoms with Gasteiger partial charge in [0.2, 0.25) is 0 Å². The SMILES string of the molecule is Br.COc1ccc(/C=C/c2cc(/C=C/c3ccc(OC)cc3)nc(OCCCCCSC(=N)N)n2)cc1. The fraction of sp³-hybridized carbons (Fsp3) is 0.250. The second-order valence-corrected chi connectivity index (χ2v) is 8.97. The molecule has 0 fully saturated rings. The number of nitrogens with zero attached hydrogens (tertiary/aromatic N) is 2. The Bertz CT molecular complexity index is 1090. The van der Waals surface area contributed by atoms with Crippen LogP contribution in [0.25, 0.3) is 24.3 Å². The van der Waals surface area contributed by atoms with Crippen molar-refractivity contribution in [2.75, 3.05) is 26.6 Å². The monoisotopic (exact) mass is 584 g/mol. The van der Waals surface area contributed by atoms with Crippen molar-refractivity contribution in [3.8, 4) is 17.5 Å². The molecule has 3 rings (SSSR count). The molecule has 3 aromatic rings. The van der Waals surface area contributed by atoms with Crippen molar-refractivity contribution in [2.45, 2.75) is 19.3 Å². The molecule has 1 heterocycles. The Hall–Kier alpha value is -3.30. The van der Waals surface area contributed by atoms with Crippen molar-refractivity contribution in [3.05, 3.63) is 77.1 Å². The maximum absolute atomic E-state index is 7.26. The lowest BCUT2D eigenvalue weighted by Crippen LogP contribution is -2.05. The highest BCUT2D eigenvalue weighted by atomic mass is 79.9. The fourth-order valence-electron chi connectivity index (χ4n) is 3.22. The van der Waals surface area contributed by atoms with Crippen molar-refractivity contribution < 1.29 is 14.2 Å². The van der Waals surface area contributed by atoms with Crippen molar-refractivity contribution in [1.29, 1.82) is 5.41 Å². The third-order valence-corrected chi connectivity index (χ3v) is 5.95. The molecule has 196 valence electrons. The summed E-state index contributed by atoms with van der Waals surface area (Å²) in [4.78, 5) is 9.15. The Kier molecular flexibility index (Phi) is 13.3. The molecule has 0 unspecified atom stereocenters. The summed E-state index contributed by atoms with van der Waals surface area (Å²) < 4.78 is 16.3. The van der Waals surface area contributed by atoms with Gasteiger partial charge in [0.15, 0.2) is 5.17 Å². The largest absolute Gasteiger partial charge is 0.497 e. The number of rotatable bonds is 13. The molecule has 1 aromatic heterocycles. The quantitative estimate of drug-likeness (QED) is 0.133. The van der Waals surface area contributed by atoms with Crippen LogP contribution in [0.15, 0.2) is 54.6 Å². The summed E-state index contributed by atoms with van der Waals surface area (Å²) >= 11 is 1.37. The van der Waals surface area contributed by atoms with E-state index in [1.54, 1.807) is 14.2 Å². The Morgan fingerprint density at radius 2 is 1.32 bits per heavy atom. The van der Waals surface area contributed by atoms with Crippen LogP contribution in [0.1, 0.15) is 41.8 Å². The number of unbranched alkanes of at least 4 members (excludes halogenated alkanes) is 2. The van der Waals surface area contributed by atoms with Crippen molar-refractivity contribution >= 4 is 58.2 Å². The third kappa shape index (κ3) is 11.1. The summed E-state index contributed by atoms with van der Waals surface area (Å²) in [6.07, 6.45) is 10.7. The molecule has 0 atom stereocenters. The number of thioether (sulfide) groups is 1. The molecule has 37 heavy (non-hydrogen) atoms. The number of halogens is 1. The van der Waals surface area contributed by atoms with Crippen LogP contribution >= 0.6 is 28.7 Å². The first-order valence-electron chi connectivity index (χ1n) is 11.7.